The minimum absolute atomic E-state index is 0.139. The number of hydrogen-bond donors (Lipinski definition) is 1. The first-order valence-electron chi connectivity index (χ1n) is 6.88. The first-order valence-corrected chi connectivity index (χ1v) is 10.3. The standard InChI is InChI=1S/C6H13N.C6H6.3CH3.Al/c7-6-4-2-1-3-5-6;1-2-4-6-5-3-1;;;;/h6H,1-5,7H2;1-6H;3*1H3;. The van der Waals surface area contributed by atoms with Crippen LogP contribution in [0.25, 0.3) is 0 Å². The highest BCUT2D eigenvalue weighted by molar-refractivity contribution is 6.54. The lowest BCUT2D eigenvalue weighted by atomic mass is 9.97. The summed E-state index contributed by atoms with van der Waals surface area (Å²) in [4.78, 5) is 0. The molecule has 96 valence electrons. The molecule has 1 aromatic carbocycles. The van der Waals surface area contributed by atoms with Gasteiger partial charge >= 0.3 is 0 Å². The fourth-order valence-electron chi connectivity index (χ4n) is 1.52. The summed E-state index contributed by atoms with van der Waals surface area (Å²) in [5.74, 6) is 6.92. The summed E-state index contributed by atoms with van der Waals surface area (Å²) in [6.07, 6.45) is 6.66. The van der Waals surface area contributed by atoms with Gasteiger partial charge in [-0.1, -0.05) is 55.7 Å². The Bertz CT molecular complexity index is 200. The Kier molecular flexibility index (Phi) is 12.0. The molecule has 1 aliphatic rings. The van der Waals surface area contributed by atoms with Crippen molar-refractivity contribution in [2.45, 2.75) is 55.5 Å². The fourth-order valence-corrected chi connectivity index (χ4v) is 1.52. The van der Waals surface area contributed by atoms with Crippen molar-refractivity contribution in [3.05, 3.63) is 36.4 Å². The summed E-state index contributed by atoms with van der Waals surface area (Å²) < 4.78 is 0. The summed E-state index contributed by atoms with van der Waals surface area (Å²) in [6, 6.07) is 12.5. The van der Waals surface area contributed by atoms with Gasteiger partial charge in [-0.2, -0.15) is 0 Å². The second-order valence-electron chi connectivity index (χ2n) is 5.28. The Morgan fingerprint density at radius 2 is 1.06 bits per heavy atom. The van der Waals surface area contributed by atoms with Crippen LogP contribution in [0.5, 0.6) is 0 Å². The lowest BCUT2D eigenvalue weighted by molar-refractivity contribution is 0.441. The van der Waals surface area contributed by atoms with Gasteiger partial charge in [0.2, 0.25) is 0 Å². The van der Waals surface area contributed by atoms with Crippen LogP contribution >= 0.6 is 0 Å². The van der Waals surface area contributed by atoms with Crippen molar-refractivity contribution in [1.29, 1.82) is 0 Å². The van der Waals surface area contributed by atoms with Crippen molar-refractivity contribution in [2.75, 3.05) is 0 Å². The van der Waals surface area contributed by atoms with Gasteiger partial charge in [0, 0.05) is 6.04 Å². The second kappa shape index (κ2) is 12.2. The zero-order valence-corrected chi connectivity index (χ0v) is 12.9. The van der Waals surface area contributed by atoms with Crippen LogP contribution in [-0.4, -0.2) is 20.2 Å². The predicted octanol–water partition coefficient (Wildman–Crippen LogP) is 4.34. The van der Waals surface area contributed by atoms with Gasteiger partial charge < -0.3 is 5.73 Å². The Balaban J connectivity index is 0.000000236. The Morgan fingerprint density at radius 1 is 0.765 bits per heavy atom. The molecule has 2 N–H and O–H groups in total. The van der Waals surface area contributed by atoms with Gasteiger partial charge in [-0.25, -0.2) is 0 Å². The summed E-state index contributed by atoms with van der Waals surface area (Å²) in [6.45, 7) is 0. The van der Waals surface area contributed by atoms with Crippen molar-refractivity contribution in [3.8, 4) is 0 Å². The van der Waals surface area contributed by atoms with Crippen LogP contribution in [0.4, 0.5) is 0 Å². The van der Waals surface area contributed by atoms with E-state index in [1.54, 1.807) is 0 Å². The molecule has 1 fully saturated rings. The third kappa shape index (κ3) is 15.7. The fraction of sp³-hybridized carbons (Fsp3) is 0.600. The molecule has 2 rings (SSSR count). The van der Waals surface area contributed by atoms with E-state index < -0.39 is 0 Å². The van der Waals surface area contributed by atoms with E-state index in [0.717, 1.165) is 0 Å². The molecule has 0 spiro atoms. The van der Waals surface area contributed by atoms with E-state index in [9.17, 15) is 0 Å². The normalized spacial score (nSPS) is 14.8. The number of rotatable bonds is 0. The molecule has 0 aliphatic heterocycles. The minimum atomic E-state index is -0.139. The monoisotopic (exact) mass is 249 g/mol. The van der Waals surface area contributed by atoms with Gasteiger partial charge in [-0.15, -0.1) is 17.4 Å². The van der Waals surface area contributed by atoms with Crippen molar-refractivity contribution >= 4 is 14.1 Å². The quantitative estimate of drug-likeness (QED) is 0.680. The molecule has 0 aromatic heterocycles. The van der Waals surface area contributed by atoms with Gasteiger partial charge in [0.15, 0.2) is 0 Å². The summed E-state index contributed by atoms with van der Waals surface area (Å²) >= 11 is -0.139. The van der Waals surface area contributed by atoms with E-state index in [-0.39, 0.29) is 14.1 Å². The Hall–Kier alpha value is -0.288. The highest BCUT2D eigenvalue weighted by Crippen LogP contribution is 2.14. The maximum atomic E-state index is 5.63. The van der Waals surface area contributed by atoms with E-state index in [1.807, 2.05) is 36.4 Å². The molecule has 0 atom stereocenters. The molecule has 0 unspecified atom stereocenters. The van der Waals surface area contributed by atoms with E-state index in [0.29, 0.717) is 6.04 Å². The Labute approximate surface area is 112 Å². The molecule has 1 saturated carbocycles. The topological polar surface area (TPSA) is 26.0 Å². The third-order valence-corrected chi connectivity index (χ3v) is 2.32. The predicted molar refractivity (Wildman–Crippen MR) is 80.8 cm³/mol. The van der Waals surface area contributed by atoms with Gasteiger partial charge in [-0.05, 0) is 12.8 Å². The van der Waals surface area contributed by atoms with Gasteiger partial charge in [0.1, 0.15) is 0 Å². The van der Waals surface area contributed by atoms with Crippen LogP contribution in [-0.2, 0) is 0 Å². The number of benzene rings is 1. The molecule has 0 heterocycles. The van der Waals surface area contributed by atoms with Crippen LogP contribution in [0.3, 0.4) is 0 Å². The van der Waals surface area contributed by atoms with Crippen molar-refractivity contribution < 1.29 is 0 Å². The summed E-state index contributed by atoms with van der Waals surface area (Å²) in [5, 5.41) is 0. The SMILES string of the molecule is NC1CCCCC1.[CH3][Al]([CH3])[CH3].c1ccccc1. The van der Waals surface area contributed by atoms with E-state index in [4.69, 9.17) is 5.73 Å². The van der Waals surface area contributed by atoms with E-state index >= 15 is 0 Å². The minimum Gasteiger partial charge on any atom is -0.328 e. The lowest BCUT2D eigenvalue weighted by Crippen LogP contribution is -2.22. The largest absolute Gasteiger partial charge is 0.328 e. The maximum absolute atomic E-state index is 5.63. The van der Waals surface area contributed by atoms with Crippen LogP contribution < -0.4 is 5.73 Å². The van der Waals surface area contributed by atoms with Gasteiger partial charge in [-0.3, -0.25) is 0 Å². The van der Waals surface area contributed by atoms with Crippen molar-refractivity contribution in [3.63, 3.8) is 0 Å². The van der Waals surface area contributed by atoms with E-state index in [2.05, 4.69) is 17.4 Å². The highest BCUT2D eigenvalue weighted by atomic mass is 27.2. The molecule has 2 heteroatoms. The van der Waals surface area contributed by atoms with Crippen LogP contribution in [0.1, 0.15) is 32.1 Å². The summed E-state index contributed by atoms with van der Waals surface area (Å²) in [5.41, 5.74) is 5.63. The molecule has 17 heavy (non-hydrogen) atoms. The van der Waals surface area contributed by atoms with Crippen LogP contribution in [0.15, 0.2) is 36.4 Å². The lowest BCUT2D eigenvalue weighted by Gasteiger charge is -2.15. The van der Waals surface area contributed by atoms with Crippen molar-refractivity contribution in [2.24, 2.45) is 5.73 Å². The third-order valence-electron chi connectivity index (χ3n) is 2.32. The molecule has 1 aliphatic carbocycles. The first kappa shape index (κ1) is 16.7. The van der Waals surface area contributed by atoms with E-state index in [1.165, 1.54) is 32.1 Å². The molecule has 0 radical (unpaired) electrons. The maximum Gasteiger partial charge on any atom is 0.251 e. The molecule has 1 aromatic rings. The highest BCUT2D eigenvalue weighted by Gasteiger charge is 2.06. The number of hydrogen-bond acceptors (Lipinski definition) is 1. The summed E-state index contributed by atoms with van der Waals surface area (Å²) in [7, 11) is 0. The molecular formula is C15H28AlN. The van der Waals surface area contributed by atoms with Crippen LogP contribution in [0, 0.1) is 0 Å². The zero-order valence-electron chi connectivity index (χ0n) is 11.7. The smallest absolute Gasteiger partial charge is 0.251 e. The first-order chi connectivity index (χ1) is 8.13. The number of nitrogens with two attached hydrogens (primary N) is 1. The Morgan fingerprint density at radius 3 is 1.24 bits per heavy atom. The molecule has 0 bridgehead atoms. The molecule has 0 amide bonds. The van der Waals surface area contributed by atoms with Crippen LogP contribution in [0.2, 0.25) is 17.4 Å². The second-order valence-corrected chi connectivity index (χ2v) is 8.75. The van der Waals surface area contributed by atoms with Gasteiger partial charge in [0.05, 0.1) is 0 Å². The molecule has 1 nitrogen and oxygen atoms in total. The zero-order chi connectivity index (χ0) is 12.9. The van der Waals surface area contributed by atoms with Gasteiger partial charge in [0.25, 0.3) is 14.1 Å². The molecular weight excluding hydrogens is 221 g/mol. The molecule has 0 saturated heterocycles. The average molecular weight is 249 g/mol. The average Bonchev–Trinajstić information content (AvgIpc) is 2.32. The van der Waals surface area contributed by atoms with Crippen molar-refractivity contribution in [1.82, 2.24) is 0 Å².